The van der Waals surface area contributed by atoms with E-state index in [2.05, 4.69) is 10.8 Å². The molecule has 0 saturated carbocycles. The third-order valence-corrected chi connectivity index (χ3v) is 5.89. The molecular formula is C18H22ClNO3S. The quantitative estimate of drug-likeness (QED) is 0.856. The van der Waals surface area contributed by atoms with Crippen molar-refractivity contribution in [3.05, 3.63) is 57.6 Å². The molecule has 0 unspecified atom stereocenters. The molecule has 2 aromatic carbocycles. The minimum atomic E-state index is -3.77. The van der Waals surface area contributed by atoms with E-state index in [9.17, 15) is 8.42 Å². The Labute approximate surface area is 148 Å². The van der Waals surface area contributed by atoms with Gasteiger partial charge in [-0.25, -0.2) is 13.1 Å². The first-order valence-electron chi connectivity index (χ1n) is 7.59. The lowest BCUT2D eigenvalue weighted by Gasteiger charge is -2.19. The molecular weight excluding hydrogens is 346 g/mol. The second-order valence-corrected chi connectivity index (χ2v) is 8.05. The van der Waals surface area contributed by atoms with Gasteiger partial charge in [0.1, 0.15) is 10.6 Å². The summed E-state index contributed by atoms with van der Waals surface area (Å²) in [6.07, 6.45) is 0. The van der Waals surface area contributed by atoms with Gasteiger partial charge >= 0.3 is 0 Å². The van der Waals surface area contributed by atoms with Gasteiger partial charge in [-0.15, -0.1) is 0 Å². The average Bonchev–Trinajstić information content (AvgIpc) is 2.50. The summed E-state index contributed by atoms with van der Waals surface area (Å²) in [6, 6.07) is 8.24. The maximum atomic E-state index is 12.8. The van der Waals surface area contributed by atoms with Crippen molar-refractivity contribution in [3.8, 4) is 5.75 Å². The Bertz CT molecular complexity index is 863. The summed E-state index contributed by atoms with van der Waals surface area (Å²) < 4.78 is 33.4. The van der Waals surface area contributed by atoms with Gasteiger partial charge < -0.3 is 4.74 Å². The summed E-state index contributed by atoms with van der Waals surface area (Å²) in [5.41, 5.74) is 4.30. The molecule has 0 fully saturated rings. The Balaban J connectivity index is 2.39. The van der Waals surface area contributed by atoms with Gasteiger partial charge in [-0.1, -0.05) is 23.7 Å². The molecule has 2 aromatic rings. The molecule has 2 rings (SSSR count). The molecule has 0 bridgehead atoms. The lowest BCUT2D eigenvalue weighted by molar-refractivity contribution is 0.402. The van der Waals surface area contributed by atoms with Crippen molar-refractivity contribution in [2.24, 2.45) is 0 Å². The summed E-state index contributed by atoms with van der Waals surface area (Å²) in [7, 11) is -2.34. The second-order valence-electron chi connectivity index (χ2n) is 5.93. The third-order valence-electron chi connectivity index (χ3n) is 4.10. The number of halogens is 1. The highest BCUT2D eigenvalue weighted by atomic mass is 35.5. The number of nitrogens with one attached hydrogen (secondary N) is 1. The van der Waals surface area contributed by atoms with Crippen LogP contribution in [0.25, 0.3) is 0 Å². The molecule has 130 valence electrons. The van der Waals surface area contributed by atoms with Gasteiger partial charge in [-0.3, -0.25) is 0 Å². The zero-order valence-corrected chi connectivity index (χ0v) is 16.0. The first-order valence-corrected chi connectivity index (χ1v) is 9.45. The highest BCUT2D eigenvalue weighted by molar-refractivity contribution is 7.89. The maximum absolute atomic E-state index is 12.8. The van der Waals surface area contributed by atoms with E-state index in [0.717, 1.165) is 16.7 Å². The van der Waals surface area contributed by atoms with E-state index in [1.54, 1.807) is 12.1 Å². The van der Waals surface area contributed by atoms with Crippen LogP contribution in [0.5, 0.6) is 5.75 Å². The number of methoxy groups -OCH3 is 1. The van der Waals surface area contributed by atoms with E-state index in [-0.39, 0.29) is 16.7 Å². The fourth-order valence-electron chi connectivity index (χ4n) is 2.67. The molecule has 0 saturated heterocycles. The normalized spacial score (nSPS) is 12.9. The van der Waals surface area contributed by atoms with Crippen LogP contribution in [0.1, 0.15) is 35.2 Å². The molecule has 0 aliphatic rings. The second kappa shape index (κ2) is 7.13. The van der Waals surface area contributed by atoms with Crippen LogP contribution < -0.4 is 9.46 Å². The van der Waals surface area contributed by atoms with Gasteiger partial charge in [-0.2, -0.15) is 0 Å². The van der Waals surface area contributed by atoms with E-state index in [0.29, 0.717) is 5.02 Å². The smallest absolute Gasteiger partial charge is 0.244 e. The number of sulfonamides is 1. The van der Waals surface area contributed by atoms with E-state index in [4.69, 9.17) is 16.3 Å². The molecule has 0 aliphatic carbocycles. The van der Waals surface area contributed by atoms with Crippen LogP contribution in [-0.2, 0) is 10.0 Å². The van der Waals surface area contributed by atoms with Crippen LogP contribution in [-0.4, -0.2) is 15.5 Å². The van der Waals surface area contributed by atoms with Crippen molar-refractivity contribution in [1.29, 1.82) is 0 Å². The molecule has 4 nitrogen and oxygen atoms in total. The lowest BCUT2D eigenvalue weighted by atomic mass is 9.97. The van der Waals surface area contributed by atoms with Crippen LogP contribution in [0.15, 0.2) is 35.2 Å². The third kappa shape index (κ3) is 3.91. The topological polar surface area (TPSA) is 55.4 Å². The largest absolute Gasteiger partial charge is 0.495 e. The maximum Gasteiger partial charge on any atom is 0.244 e. The molecule has 1 atom stereocenters. The van der Waals surface area contributed by atoms with Crippen molar-refractivity contribution < 1.29 is 13.2 Å². The Hall–Kier alpha value is -1.56. The summed E-state index contributed by atoms with van der Waals surface area (Å²) in [5.74, 6) is 0.260. The van der Waals surface area contributed by atoms with Gasteiger partial charge in [0.05, 0.1) is 7.11 Å². The summed E-state index contributed by atoms with van der Waals surface area (Å²) >= 11 is 5.95. The molecule has 24 heavy (non-hydrogen) atoms. The fourth-order valence-corrected chi connectivity index (χ4v) is 4.32. The number of hydrogen-bond acceptors (Lipinski definition) is 3. The highest BCUT2D eigenvalue weighted by Crippen LogP contribution is 2.29. The van der Waals surface area contributed by atoms with E-state index in [1.165, 1.54) is 18.7 Å². The van der Waals surface area contributed by atoms with Crippen molar-refractivity contribution in [1.82, 2.24) is 4.72 Å². The van der Waals surface area contributed by atoms with Gasteiger partial charge in [0.15, 0.2) is 0 Å². The number of rotatable bonds is 5. The number of aryl methyl sites for hydroxylation is 3. The molecule has 0 spiro atoms. The van der Waals surface area contributed by atoms with Crippen LogP contribution in [0.2, 0.25) is 5.02 Å². The molecule has 1 N–H and O–H groups in total. The Morgan fingerprint density at radius 3 is 2.29 bits per heavy atom. The Kier molecular flexibility index (Phi) is 5.58. The van der Waals surface area contributed by atoms with Gasteiger partial charge in [0, 0.05) is 11.1 Å². The minimum Gasteiger partial charge on any atom is -0.495 e. The van der Waals surface area contributed by atoms with E-state index in [1.807, 2.05) is 33.8 Å². The molecule has 6 heteroatoms. The number of ether oxygens (including phenoxy) is 1. The number of benzene rings is 2. The van der Waals surface area contributed by atoms with E-state index < -0.39 is 10.0 Å². The van der Waals surface area contributed by atoms with Crippen LogP contribution in [0.4, 0.5) is 0 Å². The zero-order valence-electron chi connectivity index (χ0n) is 14.5. The van der Waals surface area contributed by atoms with Gasteiger partial charge in [-0.05, 0) is 68.1 Å². The van der Waals surface area contributed by atoms with Crippen LogP contribution in [0, 0.1) is 20.8 Å². The number of hydrogen-bond donors (Lipinski definition) is 1. The van der Waals surface area contributed by atoms with Crippen molar-refractivity contribution in [2.45, 2.75) is 38.6 Å². The van der Waals surface area contributed by atoms with Crippen LogP contribution >= 0.6 is 11.6 Å². The molecule has 0 amide bonds. The predicted molar refractivity (Wildman–Crippen MR) is 97.4 cm³/mol. The van der Waals surface area contributed by atoms with Crippen LogP contribution in [0.3, 0.4) is 0 Å². The molecule has 0 aromatic heterocycles. The zero-order chi connectivity index (χ0) is 18.1. The van der Waals surface area contributed by atoms with E-state index >= 15 is 0 Å². The lowest BCUT2D eigenvalue weighted by Crippen LogP contribution is -2.27. The van der Waals surface area contributed by atoms with Crippen molar-refractivity contribution in [3.63, 3.8) is 0 Å². The standard InChI is InChI=1S/C18H22ClNO3S/c1-11-8-13(3)16(9-12(11)2)14(4)20-24(21,22)18-10-15(19)6-7-17(18)23-5/h6-10,14,20H,1-5H3/t14-/m1/s1. The summed E-state index contributed by atoms with van der Waals surface area (Å²) in [4.78, 5) is 0.0332. The van der Waals surface area contributed by atoms with Crippen molar-refractivity contribution in [2.75, 3.05) is 7.11 Å². The Morgan fingerprint density at radius 1 is 1.04 bits per heavy atom. The van der Waals surface area contributed by atoms with Gasteiger partial charge in [0.2, 0.25) is 10.0 Å². The van der Waals surface area contributed by atoms with Gasteiger partial charge in [0.25, 0.3) is 0 Å². The highest BCUT2D eigenvalue weighted by Gasteiger charge is 2.23. The molecule has 0 heterocycles. The Morgan fingerprint density at radius 2 is 1.67 bits per heavy atom. The van der Waals surface area contributed by atoms with Crippen molar-refractivity contribution >= 4 is 21.6 Å². The SMILES string of the molecule is COc1ccc(Cl)cc1S(=O)(=O)N[C@H](C)c1cc(C)c(C)cc1C. The minimum absolute atomic E-state index is 0.0332. The first-order chi connectivity index (χ1) is 11.2. The average molecular weight is 368 g/mol. The molecule has 0 aliphatic heterocycles. The predicted octanol–water partition coefficient (Wildman–Crippen LogP) is 4.31. The monoisotopic (exact) mass is 367 g/mol. The first kappa shape index (κ1) is 18.8. The fraction of sp³-hybridized carbons (Fsp3) is 0.333. The summed E-state index contributed by atoms with van der Waals surface area (Å²) in [5, 5.41) is 0.339. The molecule has 0 radical (unpaired) electrons. The summed E-state index contributed by atoms with van der Waals surface area (Å²) in [6.45, 7) is 7.86.